The molecule has 3 heterocycles. The van der Waals surface area contributed by atoms with Gasteiger partial charge in [0.05, 0.1) is 17.4 Å². The van der Waals surface area contributed by atoms with Gasteiger partial charge in [-0.05, 0) is 50.8 Å². The van der Waals surface area contributed by atoms with Crippen LogP contribution in [0, 0.1) is 6.92 Å². The standard InChI is InChI=1S/C21H24N6O/c1-14-24-17-5-3-2-4-16(17)20(25-14)26-8-10-27(11-9-26)21(28)15-6-7-18-19(12-15)23-13-22-18/h6-7,12-13H,2-5,8-11H2,1H3,(H,22,23). The molecular weight excluding hydrogens is 352 g/mol. The number of carbonyl (C=O) groups is 1. The average Bonchev–Trinajstić information content (AvgIpc) is 3.20. The molecule has 1 amide bonds. The summed E-state index contributed by atoms with van der Waals surface area (Å²) >= 11 is 0. The van der Waals surface area contributed by atoms with E-state index in [1.54, 1.807) is 6.33 Å². The maximum Gasteiger partial charge on any atom is 0.254 e. The predicted octanol–water partition coefficient (Wildman–Crippen LogP) is 2.50. The first-order chi connectivity index (χ1) is 13.7. The molecule has 0 atom stereocenters. The number of imidazole rings is 1. The fourth-order valence-corrected chi connectivity index (χ4v) is 4.33. The molecule has 2 aliphatic rings. The van der Waals surface area contributed by atoms with Gasteiger partial charge >= 0.3 is 0 Å². The highest BCUT2D eigenvalue weighted by atomic mass is 16.2. The highest BCUT2D eigenvalue weighted by molar-refractivity contribution is 5.97. The number of aromatic nitrogens is 4. The molecule has 1 fully saturated rings. The van der Waals surface area contributed by atoms with Gasteiger partial charge in [-0.25, -0.2) is 15.0 Å². The summed E-state index contributed by atoms with van der Waals surface area (Å²) in [6, 6.07) is 5.65. The lowest BCUT2D eigenvalue weighted by Gasteiger charge is -2.37. The number of nitrogens with zero attached hydrogens (tertiary/aromatic N) is 5. The van der Waals surface area contributed by atoms with Crippen LogP contribution in [0.25, 0.3) is 11.0 Å². The Balaban J connectivity index is 1.32. The van der Waals surface area contributed by atoms with Crippen LogP contribution in [0.2, 0.25) is 0 Å². The number of hydrogen-bond donors (Lipinski definition) is 1. The van der Waals surface area contributed by atoms with Crippen LogP contribution in [0.3, 0.4) is 0 Å². The van der Waals surface area contributed by atoms with E-state index in [2.05, 4.69) is 19.9 Å². The number of nitrogens with one attached hydrogen (secondary N) is 1. The fourth-order valence-electron chi connectivity index (χ4n) is 4.33. The number of aryl methyl sites for hydroxylation is 2. The van der Waals surface area contributed by atoms with Crippen LogP contribution in [0.15, 0.2) is 24.5 Å². The highest BCUT2D eigenvalue weighted by Crippen LogP contribution is 2.28. The van der Waals surface area contributed by atoms with Crippen molar-refractivity contribution in [2.45, 2.75) is 32.6 Å². The van der Waals surface area contributed by atoms with Gasteiger partial charge in [-0.3, -0.25) is 4.79 Å². The van der Waals surface area contributed by atoms with Gasteiger partial charge in [0.1, 0.15) is 11.6 Å². The Morgan fingerprint density at radius 2 is 1.89 bits per heavy atom. The van der Waals surface area contributed by atoms with Crippen molar-refractivity contribution in [3.8, 4) is 0 Å². The third kappa shape index (κ3) is 3.00. The van der Waals surface area contributed by atoms with Crippen molar-refractivity contribution in [2.24, 2.45) is 0 Å². The maximum atomic E-state index is 12.9. The molecule has 7 heteroatoms. The molecule has 5 rings (SSSR count). The van der Waals surface area contributed by atoms with Gasteiger partial charge in [0.25, 0.3) is 5.91 Å². The molecule has 0 saturated carbocycles. The molecule has 0 radical (unpaired) electrons. The van der Waals surface area contributed by atoms with E-state index in [1.807, 2.05) is 30.0 Å². The number of amides is 1. The van der Waals surface area contributed by atoms with Crippen molar-refractivity contribution < 1.29 is 4.79 Å². The summed E-state index contributed by atoms with van der Waals surface area (Å²) < 4.78 is 0. The van der Waals surface area contributed by atoms with Crippen molar-refractivity contribution in [1.29, 1.82) is 0 Å². The summed E-state index contributed by atoms with van der Waals surface area (Å²) in [7, 11) is 0. The maximum absolute atomic E-state index is 12.9. The molecule has 1 aliphatic carbocycles. The first-order valence-corrected chi connectivity index (χ1v) is 10.0. The van der Waals surface area contributed by atoms with Crippen molar-refractivity contribution in [3.63, 3.8) is 0 Å². The zero-order valence-corrected chi connectivity index (χ0v) is 16.1. The Labute approximate surface area is 163 Å². The third-order valence-corrected chi connectivity index (χ3v) is 5.81. The topological polar surface area (TPSA) is 78.0 Å². The Morgan fingerprint density at radius 1 is 1.07 bits per heavy atom. The molecule has 0 bridgehead atoms. The van der Waals surface area contributed by atoms with E-state index in [-0.39, 0.29) is 5.91 Å². The lowest BCUT2D eigenvalue weighted by molar-refractivity contribution is 0.0746. The van der Waals surface area contributed by atoms with E-state index in [0.29, 0.717) is 18.7 Å². The van der Waals surface area contributed by atoms with Gasteiger partial charge < -0.3 is 14.8 Å². The number of hydrogen-bond acceptors (Lipinski definition) is 5. The van der Waals surface area contributed by atoms with Crippen LogP contribution in [-0.2, 0) is 12.8 Å². The highest BCUT2D eigenvalue weighted by Gasteiger charge is 2.26. The second kappa shape index (κ2) is 6.89. The minimum absolute atomic E-state index is 0.0806. The van der Waals surface area contributed by atoms with Crippen LogP contribution in [0.1, 0.15) is 40.3 Å². The lowest BCUT2D eigenvalue weighted by atomic mass is 9.96. The number of carbonyl (C=O) groups excluding carboxylic acids is 1. The molecular formula is C21H24N6O. The van der Waals surface area contributed by atoms with Gasteiger partial charge in [0.2, 0.25) is 0 Å². The van der Waals surface area contributed by atoms with Crippen molar-refractivity contribution in [3.05, 3.63) is 47.2 Å². The number of H-pyrrole nitrogens is 1. The van der Waals surface area contributed by atoms with Crippen molar-refractivity contribution >= 4 is 22.8 Å². The number of aromatic amines is 1. The van der Waals surface area contributed by atoms with E-state index >= 15 is 0 Å². The molecule has 28 heavy (non-hydrogen) atoms. The zero-order valence-electron chi connectivity index (χ0n) is 16.1. The summed E-state index contributed by atoms with van der Waals surface area (Å²) in [6.45, 7) is 5.00. The number of piperazine rings is 1. The predicted molar refractivity (Wildman–Crippen MR) is 108 cm³/mol. The van der Waals surface area contributed by atoms with Crippen LogP contribution in [0.5, 0.6) is 0 Å². The van der Waals surface area contributed by atoms with Gasteiger partial charge in [-0.15, -0.1) is 0 Å². The van der Waals surface area contributed by atoms with Crippen LogP contribution in [-0.4, -0.2) is 56.9 Å². The van der Waals surface area contributed by atoms with E-state index < -0.39 is 0 Å². The largest absolute Gasteiger partial charge is 0.353 e. The van der Waals surface area contributed by atoms with E-state index in [9.17, 15) is 4.79 Å². The molecule has 1 aromatic carbocycles. The smallest absolute Gasteiger partial charge is 0.254 e. The summed E-state index contributed by atoms with van der Waals surface area (Å²) in [5.74, 6) is 2.02. The van der Waals surface area contributed by atoms with Crippen molar-refractivity contribution in [2.75, 3.05) is 31.1 Å². The molecule has 7 nitrogen and oxygen atoms in total. The molecule has 144 valence electrons. The first kappa shape index (κ1) is 17.2. The Hall–Kier alpha value is -2.96. The van der Waals surface area contributed by atoms with Crippen LogP contribution in [0.4, 0.5) is 5.82 Å². The SMILES string of the molecule is Cc1nc2c(c(N3CCN(C(=O)c4ccc5nc[nH]c5c4)CC3)n1)CCCC2. The minimum atomic E-state index is 0.0806. The molecule has 0 unspecified atom stereocenters. The fraction of sp³-hybridized carbons (Fsp3) is 0.429. The molecule has 1 saturated heterocycles. The zero-order chi connectivity index (χ0) is 19.1. The molecule has 2 aromatic heterocycles. The van der Waals surface area contributed by atoms with E-state index in [4.69, 9.17) is 4.98 Å². The van der Waals surface area contributed by atoms with E-state index in [0.717, 1.165) is 48.6 Å². The molecule has 3 aromatic rings. The number of fused-ring (bicyclic) bond motifs is 2. The number of rotatable bonds is 2. The second-order valence-corrected chi connectivity index (χ2v) is 7.64. The minimum Gasteiger partial charge on any atom is -0.353 e. The molecule has 1 N–H and O–H groups in total. The normalized spacial score (nSPS) is 17.0. The first-order valence-electron chi connectivity index (χ1n) is 10.0. The molecule has 0 spiro atoms. The second-order valence-electron chi connectivity index (χ2n) is 7.64. The van der Waals surface area contributed by atoms with E-state index in [1.165, 1.54) is 24.1 Å². The summed E-state index contributed by atoms with van der Waals surface area (Å²) in [5, 5.41) is 0. The Bertz CT molecular complexity index is 1030. The molecule has 1 aliphatic heterocycles. The Kier molecular flexibility index (Phi) is 4.22. The van der Waals surface area contributed by atoms with Crippen LogP contribution < -0.4 is 4.90 Å². The quantitative estimate of drug-likeness (QED) is 0.744. The number of benzene rings is 1. The number of anilines is 1. The van der Waals surface area contributed by atoms with Crippen molar-refractivity contribution in [1.82, 2.24) is 24.8 Å². The summed E-state index contributed by atoms with van der Waals surface area (Å²) in [4.78, 5) is 33.9. The lowest BCUT2D eigenvalue weighted by Crippen LogP contribution is -2.49. The van der Waals surface area contributed by atoms with Gasteiger partial charge in [0, 0.05) is 43.0 Å². The van der Waals surface area contributed by atoms with Crippen LogP contribution >= 0.6 is 0 Å². The Morgan fingerprint density at radius 3 is 2.75 bits per heavy atom. The van der Waals surface area contributed by atoms with Gasteiger partial charge in [-0.1, -0.05) is 0 Å². The average molecular weight is 376 g/mol. The third-order valence-electron chi connectivity index (χ3n) is 5.81. The monoisotopic (exact) mass is 376 g/mol. The van der Waals surface area contributed by atoms with Gasteiger partial charge in [0.15, 0.2) is 0 Å². The van der Waals surface area contributed by atoms with Gasteiger partial charge in [-0.2, -0.15) is 0 Å². The summed E-state index contributed by atoms with van der Waals surface area (Å²) in [5.41, 5.74) is 5.03. The summed E-state index contributed by atoms with van der Waals surface area (Å²) in [6.07, 6.45) is 6.20.